The zero-order valence-corrected chi connectivity index (χ0v) is 18.5. The van der Waals surface area contributed by atoms with Crippen LogP contribution in [0.15, 0.2) is 30.3 Å². The maximum atomic E-state index is 11.5. The lowest BCUT2D eigenvalue weighted by Gasteiger charge is -2.24. The molecular weight excluding hydrogens is 378 g/mol. The van der Waals surface area contributed by atoms with Crippen molar-refractivity contribution in [1.29, 1.82) is 0 Å². The second kappa shape index (κ2) is 10.1. The first-order chi connectivity index (χ1) is 14.1. The van der Waals surface area contributed by atoms with Gasteiger partial charge in [0.15, 0.2) is 11.5 Å². The van der Waals surface area contributed by atoms with Gasteiger partial charge in [-0.1, -0.05) is 44.9 Å². The molecule has 3 rings (SSSR count). The molecule has 1 aliphatic heterocycles. The maximum Gasteiger partial charge on any atom is 0.269 e. The van der Waals surface area contributed by atoms with E-state index in [1.165, 1.54) is 0 Å². The summed E-state index contributed by atoms with van der Waals surface area (Å²) in [4.78, 5) is 28.7. The van der Waals surface area contributed by atoms with Gasteiger partial charge in [-0.25, -0.2) is 4.98 Å². The summed E-state index contributed by atoms with van der Waals surface area (Å²) >= 11 is 0. The van der Waals surface area contributed by atoms with Crippen LogP contribution in [0.1, 0.15) is 54.8 Å². The van der Waals surface area contributed by atoms with Gasteiger partial charge in [0.05, 0.1) is 5.69 Å². The van der Waals surface area contributed by atoms with Gasteiger partial charge in [0.1, 0.15) is 0 Å². The molecule has 0 spiro atoms. The Bertz CT molecular complexity index is 946. The summed E-state index contributed by atoms with van der Waals surface area (Å²) in [6, 6.07) is 9.71. The quantitative estimate of drug-likeness (QED) is 0.742. The van der Waals surface area contributed by atoms with Crippen molar-refractivity contribution >= 4 is 11.8 Å². The molecule has 160 valence electrons. The second-order valence-corrected chi connectivity index (χ2v) is 8.51. The molecule has 0 unspecified atom stereocenters. The van der Waals surface area contributed by atoms with Crippen LogP contribution in [-0.4, -0.2) is 46.9 Å². The van der Waals surface area contributed by atoms with Crippen molar-refractivity contribution in [1.82, 2.24) is 19.8 Å². The van der Waals surface area contributed by atoms with Gasteiger partial charge in [-0.15, -0.1) is 0 Å². The van der Waals surface area contributed by atoms with E-state index >= 15 is 0 Å². The van der Waals surface area contributed by atoms with Crippen LogP contribution in [0.2, 0.25) is 0 Å². The second-order valence-electron chi connectivity index (χ2n) is 8.51. The van der Waals surface area contributed by atoms with E-state index in [2.05, 4.69) is 27.0 Å². The third-order valence-electron chi connectivity index (χ3n) is 4.49. The molecule has 2 heterocycles. The molecule has 3 N–H and O–H groups in total. The number of hydrogen-bond acceptors (Lipinski definition) is 4. The first-order valence-electron chi connectivity index (χ1n) is 9.96. The molecule has 7 heteroatoms. The maximum absolute atomic E-state index is 11.5. The van der Waals surface area contributed by atoms with E-state index in [1.807, 2.05) is 62.7 Å². The van der Waals surface area contributed by atoms with Gasteiger partial charge in [-0.3, -0.25) is 14.5 Å². The van der Waals surface area contributed by atoms with Crippen LogP contribution in [-0.2, 0) is 17.9 Å². The molecule has 1 aliphatic rings. The Kier molecular flexibility index (Phi) is 7.79. The van der Waals surface area contributed by atoms with E-state index in [9.17, 15) is 9.59 Å². The van der Waals surface area contributed by atoms with Crippen LogP contribution < -0.4 is 11.1 Å². The zero-order chi connectivity index (χ0) is 22.3. The number of carbonyl (C=O) groups excluding carboxylic acids is 2. The van der Waals surface area contributed by atoms with Crippen LogP contribution in [0.5, 0.6) is 0 Å². The highest BCUT2D eigenvalue weighted by atomic mass is 16.2. The fourth-order valence-electron chi connectivity index (χ4n) is 3.01. The fraction of sp³-hybridized carbons (Fsp3) is 0.435. The van der Waals surface area contributed by atoms with Crippen molar-refractivity contribution in [3.63, 3.8) is 0 Å². The highest BCUT2D eigenvalue weighted by Gasteiger charge is 2.24. The number of nitrogens with zero attached hydrogens (tertiary/aromatic N) is 3. The molecule has 7 nitrogen and oxygen atoms in total. The number of rotatable bonds is 2. The van der Waals surface area contributed by atoms with E-state index in [0.717, 1.165) is 24.3 Å². The van der Waals surface area contributed by atoms with E-state index in [4.69, 9.17) is 5.73 Å². The van der Waals surface area contributed by atoms with Crippen LogP contribution >= 0.6 is 0 Å². The van der Waals surface area contributed by atoms with Crippen molar-refractivity contribution in [3.05, 3.63) is 53.1 Å². The summed E-state index contributed by atoms with van der Waals surface area (Å²) in [6.45, 7) is 8.47. The molecule has 0 radical (unpaired) electrons. The number of fused-ring (bicyclic) bond motifs is 1. The van der Waals surface area contributed by atoms with Crippen LogP contribution in [0, 0.1) is 17.3 Å². The minimum Gasteiger partial charge on any atom is -0.364 e. The van der Waals surface area contributed by atoms with Crippen LogP contribution in [0.25, 0.3) is 0 Å². The Labute approximate surface area is 178 Å². The molecule has 0 saturated carbocycles. The minimum atomic E-state index is -0.498. The molecule has 0 aliphatic carbocycles. The van der Waals surface area contributed by atoms with Crippen LogP contribution in [0.3, 0.4) is 0 Å². The molecule has 2 aromatic rings. The predicted octanol–water partition coefficient (Wildman–Crippen LogP) is 2.00. The highest BCUT2D eigenvalue weighted by molar-refractivity contribution is 5.92. The fourth-order valence-corrected chi connectivity index (χ4v) is 3.01. The third kappa shape index (κ3) is 6.75. The van der Waals surface area contributed by atoms with Gasteiger partial charge in [0.25, 0.3) is 5.91 Å². The molecular formula is C23H31N5O2. The Balaban J connectivity index is 0.000000303. The van der Waals surface area contributed by atoms with E-state index < -0.39 is 5.91 Å². The summed E-state index contributed by atoms with van der Waals surface area (Å²) in [5.74, 6) is 6.35. The Morgan fingerprint density at radius 3 is 2.37 bits per heavy atom. The summed E-state index contributed by atoms with van der Waals surface area (Å²) in [6.07, 6.45) is 0.601. The lowest BCUT2D eigenvalue weighted by atomic mass is 9.92. The number of nitrogens with one attached hydrogen (secondary N) is 1. The van der Waals surface area contributed by atoms with Gasteiger partial charge in [0, 0.05) is 38.7 Å². The Hall–Kier alpha value is -3.11. The standard InChI is InChI=1S/C16H16N4O.C7H15NO/c1-19-9-10-20-13(11-19)15(16(17)21)18-14(20)8-7-12-5-3-2-4-6-12;1-7(2,3)5-6(9)8-4/h2-6H,9-11H2,1H3,(H2,17,21);5H2,1-4H3,(H,8,9). The number of aromatic nitrogens is 2. The SMILES string of the molecule is CN1CCn2c(C#Cc3ccccc3)nc(C(N)=O)c2C1.CNC(=O)CC(C)(C)C. The Morgan fingerprint density at radius 2 is 1.83 bits per heavy atom. The highest BCUT2D eigenvalue weighted by Crippen LogP contribution is 2.18. The number of nitrogens with two attached hydrogens (primary N) is 1. The molecule has 30 heavy (non-hydrogen) atoms. The monoisotopic (exact) mass is 409 g/mol. The van der Waals surface area contributed by atoms with Crippen molar-refractivity contribution in [2.24, 2.45) is 11.1 Å². The molecule has 1 aromatic heterocycles. The third-order valence-corrected chi connectivity index (χ3v) is 4.49. The first kappa shape index (κ1) is 23.2. The number of likely N-dealkylation sites (N-methyl/N-ethyl adjacent to an activating group) is 1. The molecule has 0 fully saturated rings. The van der Waals surface area contributed by atoms with Crippen molar-refractivity contribution in [3.8, 4) is 11.8 Å². The number of benzene rings is 1. The van der Waals surface area contributed by atoms with E-state index in [0.29, 0.717) is 24.5 Å². The zero-order valence-electron chi connectivity index (χ0n) is 18.5. The Morgan fingerprint density at radius 1 is 1.17 bits per heavy atom. The number of carbonyl (C=O) groups is 2. The van der Waals surface area contributed by atoms with Gasteiger partial charge in [0.2, 0.25) is 5.91 Å². The number of imidazole rings is 1. The lowest BCUT2D eigenvalue weighted by Crippen LogP contribution is -2.32. The number of primary amides is 1. The van der Waals surface area contributed by atoms with Crippen molar-refractivity contribution in [2.75, 3.05) is 20.6 Å². The van der Waals surface area contributed by atoms with Crippen molar-refractivity contribution < 1.29 is 9.59 Å². The molecule has 2 amide bonds. The largest absolute Gasteiger partial charge is 0.364 e. The van der Waals surface area contributed by atoms with E-state index in [1.54, 1.807) is 7.05 Å². The first-order valence-corrected chi connectivity index (χ1v) is 9.96. The average Bonchev–Trinajstić information content (AvgIpc) is 3.04. The average molecular weight is 410 g/mol. The van der Waals surface area contributed by atoms with Gasteiger partial charge >= 0.3 is 0 Å². The number of amides is 2. The van der Waals surface area contributed by atoms with Crippen LogP contribution in [0.4, 0.5) is 0 Å². The summed E-state index contributed by atoms with van der Waals surface area (Å²) < 4.78 is 2.00. The number of hydrogen-bond donors (Lipinski definition) is 2. The van der Waals surface area contributed by atoms with Gasteiger partial charge in [-0.2, -0.15) is 0 Å². The molecule has 1 aromatic carbocycles. The molecule has 0 saturated heterocycles. The minimum absolute atomic E-state index is 0.111. The van der Waals surface area contributed by atoms with Gasteiger partial charge in [-0.05, 0) is 30.5 Å². The summed E-state index contributed by atoms with van der Waals surface area (Å²) in [5.41, 5.74) is 7.64. The topological polar surface area (TPSA) is 93.2 Å². The summed E-state index contributed by atoms with van der Waals surface area (Å²) in [5, 5.41) is 2.58. The molecule has 0 atom stereocenters. The lowest BCUT2D eigenvalue weighted by molar-refractivity contribution is -0.122. The summed E-state index contributed by atoms with van der Waals surface area (Å²) in [7, 11) is 3.67. The van der Waals surface area contributed by atoms with E-state index in [-0.39, 0.29) is 11.3 Å². The van der Waals surface area contributed by atoms with Gasteiger partial charge < -0.3 is 15.6 Å². The normalized spacial score (nSPS) is 13.2. The molecule has 0 bridgehead atoms. The smallest absolute Gasteiger partial charge is 0.269 e. The van der Waals surface area contributed by atoms with Crippen molar-refractivity contribution in [2.45, 2.75) is 40.3 Å². The predicted molar refractivity (Wildman–Crippen MR) is 118 cm³/mol.